The van der Waals surface area contributed by atoms with Gasteiger partial charge in [-0.2, -0.15) is 0 Å². The third-order valence-electron chi connectivity index (χ3n) is 7.10. The number of hydrogen-bond acceptors (Lipinski definition) is 4. The van der Waals surface area contributed by atoms with E-state index < -0.39 is 13.0 Å². The molecule has 192 valence electrons. The number of unbranched alkanes of at least 4 members (excludes halogenated alkanes) is 4. The molecule has 0 bridgehead atoms. The first kappa shape index (κ1) is 27.8. The van der Waals surface area contributed by atoms with Crippen molar-refractivity contribution < 1.29 is 18.4 Å². The summed E-state index contributed by atoms with van der Waals surface area (Å²) < 4.78 is 25.0. The lowest BCUT2D eigenvalue weighted by molar-refractivity contribution is -0.123. The fourth-order valence-electron chi connectivity index (χ4n) is 5.14. The highest BCUT2D eigenvalue weighted by atomic mass is 31.2. The minimum atomic E-state index is -3.12. The fourth-order valence-corrected chi connectivity index (χ4v) is 6.90. The molecule has 3 rings (SSSR count). The van der Waals surface area contributed by atoms with Crippen LogP contribution in [0, 0.1) is 0 Å². The van der Waals surface area contributed by atoms with Crippen LogP contribution in [0.25, 0.3) is 11.1 Å². The monoisotopic (exact) mass is 498 g/mol. The maximum atomic E-state index is 13.9. The lowest BCUT2D eigenvalue weighted by atomic mass is 9.70. The van der Waals surface area contributed by atoms with Gasteiger partial charge in [0.15, 0.2) is 0 Å². The largest absolute Gasteiger partial charge is 0.330 e. The second-order valence-corrected chi connectivity index (χ2v) is 11.9. The summed E-state index contributed by atoms with van der Waals surface area (Å²) in [7, 11) is -3.12. The number of carbonyl (C=O) groups is 1. The van der Waals surface area contributed by atoms with E-state index in [0.717, 1.165) is 56.1 Å². The van der Waals surface area contributed by atoms with Gasteiger partial charge in [0.25, 0.3) is 0 Å². The van der Waals surface area contributed by atoms with E-state index >= 15 is 0 Å². The minimum absolute atomic E-state index is 0.304. The Morgan fingerprint density at radius 1 is 0.743 bits per heavy atom. The Morgan fingerprint density at radius 3 is 1.77 bits per heavy atom. The Kier molecular flexibility index (Phi) is 10.8. The molecule has 0 amide bonds. The molecule has 0 saturated heterocycles. The SMILES string of the molecule is CCCCOP(=O)(CCCCC1(C(=O)CCCC)c2ccccc2-c2ccccc21)OCCCC. The van der Waals surface area contributed by atoms with Crippen molar-refractivity contribution in [2.24, 2.45) is 0 Å². The number of ketones is 1. The lowest BCUT2D eigenvalue weighted by Gasteiger charge is -2.31. The summed E-state index contributed by atoms with van der Waals surface area (Å²) in [6.07, 6.45) is 8.85. The number of benzene rings is 2. The van der Waals surface area contributed by atoms with Crippen molar-refractivity contribution in [1.82, 2.24) is 0 Å². The fraction of sp³-hybridized carbons (Fsp3) is 0.567. The summed E-state index contributed by atoms with van der Waals surface area (Å²) in [4.78, 5) is 13.9. The maximum absolute atomic E-state index is 13.9. The van der Waals surface area contributed by atoms with E-state index in [0.29, 0.717) is 44.4 Å². The second-order valence-electron chi connectivity index (χ2n) is 9.69. The van der Waals surface area contributed by atoms with Crippen LogP contribution in [-0.4, -0.2) is 25.2 Å². The highest BCUT2D eigenvalue weighted by Crippen LogP contribution is 2.54. The first-order valence-corrected chi connectivity index (χ1v) is 15.4. The molecule has 0 aliphatic heterocycles. The summed E-state index contributed by atoms with van der Waals surface area (Å²) in [6.45, 7) is 7.27. The maximum Gasteiger partial charge on any atom is 0.330 e. The van der Waals surface area contributed by atoms with Crippen LogP contribution in [0.5, 0.6) is 0 Å². The molecule has 1 aliphatic carbocycles. The van der Waals surface area contributed by atoms with Gasteiger partial charge >= 0.3 is 7.60 Å². The standard InChI is InChI=1S/C30H43O4P/c1-4-7-20-29(31)30(27-18-12-10-16-25(27)26-17-11-13-19-28(26)30)21-14-15-24-35(32,33-22-8-5-2)34-23-9-6-3/h10-13,16-19H,4-9,14-15,20-24H2,1-3H3. The van der Waals surface area contributed by atoms with E-state index in [1.54, 1.807) is 0 Å². The molecule has 2 aromatic rings. The van der Waals surface area contributed by atoms with Crippen molar-refractivity contribution >= 4 is 13.4 Å². The summed E-state index contributed by atoms with van der Waals surface area (Å²) in [5.41, 5.74) is 3.97. The summed E-state index contributed by atoms with van der Waals surface area (Å²) >= 11 is 0. The van der Waals surface area contributed by atoms with Gasteiger partial charge in [0.05, 0.1) is 24.8 Å². The topological polar surface area (TPSA) is 52.6 Å². The third-order valence-corrected chi connectivity index (χ3v) is 9.12. The molecule has 0 aromatic heterocycles. The van der Waals surface area contributed by atoms with Gasteiger partial charge in [-0.3, -0.25) is 9.36 Å². The molecular formula is C30H43O4P. The predicted octanol–water partition coefficient (Wildman–Crippen LogP) is 8.71. The molecule has 0 radical (unpaired) electrons. The van der Waals surface area contributed by atoms with Gasteiger partial charge in [0.2, 0.25) is 0 Å². The van der Waals surface area contributed by atoms with Crippen LogP contribution in [0.1, 0.15) is 96.1 Å². The van der Waals surface area contributed by atoms with Gasteiger partial charge in [0, 0.05) is 6.42 Å². The molecule has 0 spiro atoms. The third kappa shape index (κ3) is 6.53. The van der Waals surface area contributed by atoms with Gasteiger partial charge in [-0.1, -0.05) is 95.0 Å². The molecule has 0 saturated carbocycles. The lowest BCUT2D eigenvalue weighted by Crippen LogP contribution is -2.35. The van der Waals surface area contributed by atoms with Crippen LogP contribution >= 0.6 is 7.60 Å². The molecule has 0 unspecified atom stereocenters. The first-order chi connectivity index (χ1) is 17.0. The quantitative estimate of drug-likeness (QED) is 0.162. The molecule has 35 heavy (non-hydrogen) atoms. The molecule has 0 heterocycles. The molecule has 2 aromatic carbocycles. The zero-order valence-corrected chi connectivity index (χ0v) is 22.8. The Hall–Kier alpha value is -1.74. The molecule has 5 heteroatoms. The predicted molar refractivity (Wildman–Crippen MR) is 145 cm³/mol. The molecule has 4 nitrogen and oxygen atoms in total. The molecular weight excluding hydrogens is 455 g/mol. The highest BCUT2D eigenvalue weighted by molar-refractivity contribution is 7.53. The Labute approximate surface area is 212 Å². The number of Topliss-reactive ketones (excluding diaryl/α,β-unsaturated/α-hetero) is 1. The number of fused-ring (bicyclic) bond motifs is 3. The van der Waals surface area contributed by atoms with Gasteiger partial charge < -0.3 is 9.05 Å². The van der Waals surface area contributed by atoms with Crippen LogP contribution in [0.3, 0.4) is 0 Å². The van der Waals surface area contributed by atoms with Crippen molar-refractivity contribution in [3.8, 4) is 11.1 Å². The van der Waals surface area contributed by atoms with E-state index in [2.05, 4.69) is 57.2 Å². The van der Waals surface area contributed by atoms with Crippen molar-refractivity contribution in [2.75, 3.05) is 19.4 Å². The number of carbonyl (C=O) groups excluding carboxylic acids is 1. The summed E-state index contributed by atoms with van der Waals surface area (Å²) in [5, 5.41) is 0. The van der Waals surface area contributed by atoms with Crippen LogP contribution in [-0.2, 0) is 23.8 Å². The number of rotatable bonds is 17. The zero-order valence-electron chi connectivity index (χ0n) is 21.9. The average molecular weight is 499 g/mol. The molecule has 0 fully saturated rings. The van der Waals surface area contributed by atoms with E-state index in [9.17, 15) is 9.36 Å². The average Bonchev–Trinajstić information content (AvgIpc) is 3.16. The summed E-state index contributed by atoms with van der Waals surface area (Å²) in [6, 6.07) is 16.7. The Balaban J connectivity index is 1.80. The van der Waals surface area contributed by atoms with E-state index in [4.69, 9.17) is 9.05 Å². The van der Waals surface area contributed by atoms with Gasteiger partial charge in [-0.25, -0.2) is 0 Å². The molecule has 0 N–H and O–H groups in total. The normalized spacial score (nSPS) is 14.0. The van der Waals surface area contributed by atoms with Crippen LogP contribution in [0.4, 0.5) is 0 Å². The Bertz CT molecular complexity index is 940. The van der Waals surface area contributed by atoms with Gasteiger partial charge in [-0.15, -0.1) is 0 Å². The number of hydrogen-bond donors (Lipinski definition) is 0. The minimum Gasteiger partial charge on any atom is -0.309 e. The van der Waals surface area contributed by atoms with Crippen molar-refractivity contribution in [2.45, 2.75) is 90.4 Å². The molecule has 1 aliphatic rings. The van der Waals surface area contributed by atoms with Crippen LogP contribution in [0.2, 0.25) is 0 Å². The van der Waals surface area contributed by atoms with Gasteiger partial charge in [0.1, 0.15) is 5.78 Å². The second kappa shape index (κ2) is 13.5. The first-order valence-electron chi connectivity index (χ1n) is 13.6. The zero-order chi connectivity index (χ0) is 25.2. The molecule has 0 atom stereocenters. The summed E-state index contributed by atoms with van der Waals surface area (Å²) in [5.74, 6) is 0.304. The van der Waals surface area contributed by atoms with Crippen LogP contribution in [0.15, 0.2) is 48.5 Å². The van der Waals surface area contributed by atoms with E-state index in [1.807, 2.05) is 12.1 Å². The Morgan fingerprint density at radius 2 is 1.26 bits per heavy atom. The van der Waals surface area contributed by atoms with E-state index in [-0.39, 0.29) is 0 Å². The van der Waals surface area contributed by atoms with Crippen LogP contribution < -0.4 is 0 Å². The van der Waals surface area contributed by atoms with Gasteiger partial charge in [-0.05, 0) is 54.4 Å². The van der Waals surface area contributed by atoms with Crippen molar-refractivity contribution in [1.29, 1.82) is 0 Å². The smallest absolute Gasteiger partial charge is 0.309 e. The van der Waals surface area contributed by atoms with Crippen molar-refractivity contribution in [3.05, 3.63) is 59.7 Å². The van der Waals surface area contributed by atoms with E-state index in [1.165, 1.54) is 11.1 Å². The highest BCUT2D eigenvalue weighted by Gasteiger charge is 2.47. The van der Waals surface area contributed by atoms with Crippen molar-refractivity contribution in [3.63, 3.8) is 0 Å².